The Bertz CT molecular complexity index is 1070. The van der Waals surface area contributed by atoms with Crippen LogP contribution in [0.4, 0.5) is 5.95 Å². The van der Waals surface area contributed by atoms with E-state index < -0.39 is 5.91 Å². The lowest BCUT2D eigenvalue weighted by molar-refractivity contribution is -0.115. The molecule has 0 aliphatic carbocycles. The average molecular weight is 465 g/mol. The van der Waals surface area contributed by atoms with E-state index >= 15 is 0 Å². The molecule has 0 spiro atoms. The van der Waals surface area contributed by atoms with Crippen LogP contribution in [0.15, 0.2) is 40.8 Å². The summed E-state index contributed by atoms with van der Waals surface area (Å²) < 4.78 is 5.70. The minimum atomic E-state index is -0.439. The molecule has 8 nitrogen and oxygen atoms in total. The van der Waals surface area contributed by atoms with E-state index in [0.717, 1.165) is 5.56 Å². The Kier molecular flexibility index (Phi) is 7.20. The fourth-order valence-corrected chi connectivity index (χ4v) is 3.15. The van der Waals surface area contributed by atoms with E-state index in [0.29, 0.717) is 34.0 Å². The van der Waals surface area contributed by atoms with Gasteiger partial charge in [0, 0.05) is 21.7 Å². The van der Waals surface area contributed by atoms with E-state index in [1.165, 1.54) is 16.9 Å². The van der Waals surface area contributed by atoms with Crippen LogP contribution >= 0.6 is 35.4 Å². The van der Waals surface area contributed by atoms with Gasteiger partial charge >= 0.3 is 0 Å². The van der Waals surface area contributed by atoms with E-state index in [1.807, 2.05) is 13.8 Å². The second-order valence-electron chi connectivity index (χ2n) is 6.70. The molecule has 156 valence electrons. The molecule has 2 heterocycles. The number of amides is 1. The standard InChI is InChI=1S/C19H18Cl2N6O2S/c1-11(2)10-27-25-18(24-26-27)23-19(30)22-17(28)6-4-15-3-5-16(29-15)12-7-13(20)9-14(21)8-12/h3-9,11H,10H2,1-2H3,(H2,22,23,25,28,30)/b6-4+. The van der Waals surface area contributed by atoms with Crippen LogP contribution in [-0.2, 0) is 11.3 Å². The van der Waals surface area contributed by atoms with Crippen LogP contribution in [0.5, 0.6) is 0 Å². The monoisotopic (exact) mass is 464 g/mol. The number of benzene rings is 1. The normalized spacial score (nSPS) is 11.2. The Morgan fingerprint density at radius 1 is 1.27 bits per heavy atom. The van der Waals surface area contributed by atoms with Gasteiger partial charge < -0.3 is 4.42 Å². The summed E-state index contributed by atoms with van der Waals surface area (Å²) in [6.07, 6.45) is 2.81. The van der Waals surface area contributed by atoms with Gasteiger partial charge in [-0.15, -0.1) is 5.10 Å². The van der Waals surface area contributed by atoms with Gasteiger partial charge in [-0.1, -0.05) is 42.1 Å². The zero-order valence-corrected chi connectivity index (χ0v) is 18.4. The number of aromatic nitrogens is 4. The molecular weight excluding hydrogens is 447 g/mol. The minimum absolute atomic E-state index is 0.0578. The first-order valence-corrected chi connectivity index (χ1v) is 10.1. The number of furan rings is 1. The SMILES string of the molecule is CC(C)Cn1nnc(NC(=S)NC(=O)/C=C/c2ccc(-c3cc(Cl)cc(Cl)c3)o2)n1. The van der Waals surface area contributed by atoms with Crippen molar-refractivity contribution in [1.82, 2.24) is 25.5 Å². The second kappa shape index (κ2) is 9.84. The summed E-state index contributed by atoms with van der Waals surface area (Å²) in [5, 5.41) is 18.1. The van der Waals surface area contributed by atoms with E-state index in [-0.39, 0.29) is 11.1 Å². The number of carbonyl (C=O) groups is 1. The summed E-state index contributed by atoms with van der Waals surface area (Å²) in [7, 11) is 0. The number of thiocarbonyl (C=S) groups is 1. The quantitative estimate of drug-likeness (QED) is 0.411. The van der Waals surface area contributed by atoms with Crippen LogP contribution in [0.2, 0.25) is 10.0 Å². The highest BCUT2D eigenvalue weighted by molar-refractivity contribution is 7.80. The lowest BCUT2D eigenvalue weighted by Crippen LogP contribution is -2.33. The predicted octanol–water partition coefficient (Wildman–Crippen LogP) is 4.42. The molecule has 1 amide bonds. The molecule has 3 aromatic rings. The van der Waals surface area contributed by atoms with Crippen LogP contribution in [0, 0.1) is 5.92 Å². The van der Waals surface area contributed by atoms with Gasteiger partial charge in [-0.25, -0.2) is 0 Å². The number of anilines is 1. The Balaban J connectivity index is 1.55. The summed E-state index contributed by atoms with van der Waals surface area (Å²) in [6, 6.07) is 8.60. The number of halogens is 2. The lowest BCUT2D eigenvalue weighted by Gasteiger charge is -2.03. The second-order valence-corrected chi connectivity index (χ2v) is 7.98. The van der Waals surface area contributed by atoms with Gasteiger partial charge in [0.05, 0.1) is 6.54 Å². The number of rotatable bonds is 6. The van der Waals surface area contributed by atoms with Crippen molar-refractivity contribution in [2.45, 2.75) is 20.4 Å². The Hall–Kier alpha value is -2.75. The number of hydrogen-bond acceptors (Lipinski definition) is 6. The zero-order valence-electron chi connectivity index (χ0n) is 16.1. The third-order valence-corrected chi connectivity index (χ3v) is 4.26. The molecule has 0 bridgehead atoms. The number of tetrazole rings is 1. The average Bonchev–Trinajstić information content (AvgIpc) is 3.28. The van der Waals surface area contributed by atoms with Crippen molar-refractivity contribution in [3.63, 3.8) is 0 Å². The highest BCUT2D eigenvalue weighted by Gasteiger charge is 2.09. The molecular formula is C19H18Cl2N6O2S. The van der Waals surface area contributed by atoms with E-state index in [9.17, 15) is 4.79 Å². The fourth-order valence-electron chi connectivity index (χ4n) is 2.44. The molecule has 0 unspecified atom stereocenters. The smallest absolute Gasteiger partial charge is 0.269 e. The van der Waals surface area contributed by atoms with Crippen molar-refractivity contribution in [2.24, 2.45) is 5.92 Å². The third kappa shape index (κ3) is 6.38. The minimum Gasteiger partial charge on any atom is -0.457 e. The van der Waals surface area contributed by atoms with Crippen LogP contribution < -0.4 is 10.6 Å². The molecule has 2 N–H and O–H groups in total. The largest absolute Gasteiger partial charge is 0.457 e. The summed E-state index contributed by atoms with van der Waals surface area (Å²) in [5.74, 6) is 1.20. The summed E-state index contributed by atoms with van der Waals surface area (Å²) in [6.45, 7) is 4.71. The van der Waals surface area contributed by atoms with Crippen molar-refractivity contribution in [2.75, 3.05) is 5.32 Å². The molecule has 0 saturated heterocycles. The highest BCUT2D eigenvalue weighted by atomic mass is 35.5. The van der Waals surface area contributed by atoms with E-state index in [4.69, 9.17) is 39.8 Å². The topological polar surface area (TPSA) is 97.9 Å². The molecule has 0 aliphatic rings. The molecule has 0 radical (unpaired) electrons. The molecule has 2 aromatic heterocycles. The first kappa shape index (κ1) is 21.9. The zero-order chi connectivity index (χ0) is 21.7. The van der Waals surface area contributed by atoms with Gasteiger partial charge in [0.15, 0.2) is 5.11 Å². The Morgan fingerprint density at radius 3 is 2.70 bits per heavy atom. The molecule has 30 heavy (non-hydrogen) atoms. The highest BCUT2D eigenvalue weighted by Crippen LogP contribution is 2.28. The maximum Gasteiger partial charge on any atom is 0.269 e. The van der Waals surface area contributed by atoms with Crippen molar-refractivity contribution in [3.8, 4) is 11.3 Å². The van der Waals surface area contributed by atoms with Gasteiger partial charge in [0.1, 0.15) is 11.5 Å². The van der Waals surface area contributed by atoms with Crippen molar-refractivity contribution in [1.29, 1.82) is 0 Å². The molecule has 0 atom stereocenters. The Labute approximate surface area is 188 Å². The van der Waals surface area contributed by atoms with Crippen LogP contribution in [0.1, 0.15) is 19.6 Å². The van der Waals surface area contributed by atoms with Crippen molar-refractivity contribution in [3.05, 3.63) is 52.2 Å². The van der Waals surface area contributed by atoms with E-state index in [2.05, 4.69) is 26.0 Å². The summed E-state index contributed by atoms with van der Waals surface area (Å²) in [4.78, 5) is 13.5. The van der Waals surface area contributed by atoms with Gasteiger partial charge in [-0.3, -0.25) is 15.4 Å². The molecule has 3 rings (SSSR count). The van der Waals surface area contributed by atoms with Crippen molar-refractivity contribution >= 4 is 58.5 Å². The summed E-state index contributed by atoms with van der Waals surface area (Å²) >= 11 is 17.1. The first-order valence-electron chi connectivity index (χ1n) is 8.92. The molecule has 11 heteroatoms. The van der Waals surface area contributed by atoms with Gasteiger partial charge in [0.25, 0.3) is 5.95 Å². The molecule has 1 aromatic carbocycles. The number of nitrogens with one attached hydrogen (secondary N) is 2. The first-order chi connectivity index (χ1) is 14.3. The summed E-state index contributed by atoms with van der Waals surface area (Å²) in [5.41, 5.74) is 0.736. The van der Waals surface area contributed by atoms with Crippen LogP contribution in [0.3, 0.4) is 0 Å². The van der Waals surface area contributed by atoms with Crippen LogP contribution in [-0.4, -0.2) is 31.2 Å². The van der Waals surface area contributed by atoms with Gasteiger partial charge in [0.2, 0.25) is 5.91 Å². The van der Waals surface area contributed by atoms with Crippen molar-refractivity contribution < 1.29 is 9.21 Å². The number of nitrogens with zero attached hydrogens (tertiary/aromatic N) is 4. The molecule has 0 fully saturated rings. The number of carbonyl (C=O) groups excluding carboxylic acids is 1. The Morgan fingerprint density at radius 2 is 2.00 bits per heavy atom. The fraction of sp³-hybridized carbons (Fsp3) is 0.211. The van der Waals surface area contributed by atoms with Gasteiger partial charge in [-0.05, 0) is 59.8 Å². The lowest BCUT2D eigenvalue weighted by atomic mass is 10.2. The molecule has 0 saturated carbocycles. The maximum atomic E-state index is 12.1. The van der Waals surface area contributed by atoms with Gasteiger partial charge in [-0.2, -0.15) is 4.80 Å². The third-order valence-electron chi connectivity index (χ3n) is 3.62. The predicted molar refractivity (Wildman–Crippen MR) is 120 cm³/mol. The molecule has 0 aliphatic heterocycles. The van der Waals surface area contributed by atoms with E-state index in [1.54, 1.807) is 30.3 Å². The number of hydrogen-bond donors (Lipinski definition) is 2. The van der Waals surface area contributed by atoms with Crippen LogP contribution in [0.25, 0.3) is 17.4 Å². The maximum absolute atomic E-state index is 12.1.